The number of esters is 1. The smallest absolute Gasteiger partial charge is 0.312 e. The number of hydrogen-bond donors (Lipinski definition) is 6. The molecule has 0 spiro atoms. The Kier molecular flexibility index (Phi) is 13.3. The molecule has 3 aromatic carbocycles. The Morgan fingerprint density at radius 2 is 1.59 bits per heavy atom. The fourth-order valence-corrected chi connectivity index (χ4v) is 7.71. The van der Waals surface area contributed by atoms with Gasteiger partial charge >= 0.3 is 11.8 Å². The molecule has 0 unspecified atom stereocenters. The second-order valence-corrected chi connectivity index (χ2v) is 15.7. The van der Waals surface area contributed by atoms with Gasteiger partial charge in [0.25, 0.3) is 11.7 Å². The molecule has 14 nitrogen and oxygen atoms in total. The number of anilines is 1. The first-order chi connectivity index (χ1) is 27.7. The molecule has 3 aliphatic rings. The maximum atomic E-state index is 14.4. The number of ketones is 1. The van der Waals surface area contributed by atoms with Crippen LogP contribution in [0.15, 0.2) is 65.4 Å². The number of nitrogens with one attached hydrogen (secondary N) is 1. The molecule has 6 rings (SSSR count). The van der Waals surface area contributed by atoms with E-state index in [4.69, 9.17) is 18.9 Å². The number of para-hydroxylation sites is 1. The van der Waals surface area contributed by atoms with Crippen molar-refractivity contribution < 1.29 is 58.9 Å². The number of hydrogen-bond acceptors (Lipinski definition) is 13. The lowest BCUT2D eigenvalue weighted by Gasteiger charge is -2.38. The molecule has 0 fully saturated rings. The Hall–Kier alpha value is -5.70. The lowest BCUT2D eigenvalue weighted by Crippen LogP contribution is -2.46. The zero-order chi connectivity index (χ0) is 43.7. The summed E-state index contributed by atoms with van der Waals surface area (Å²) in [4.78, 5) is 45.0. The number of ether oxygens (including phenoxy) is 4. The number of aryl methyl sites for hydroxylation is 1. The van der Waals surface area contributed by atoms with Crippen LogP contribution in [0.25, 0.3) is 10.8 Å². The van der Waals surface area contributed by atoms with Crippen LogP contribution in [-0.4, -0.2) is 86.7 Å². The highest BCUT2D eigenvalue weighted by atomic mass is 16.7. The normalized spacial score (nSPS) is 30.1. The van der Waals surface area contributed by atoms with E-state index in [1.165, 1.54) is 59.4 Å². The average Bonchev–Trinajstić information content (AvgIpc) is 3.46. The molecule has 3 heterocycles. The van der Waals surface area contributed by atoms with Crippen molar-refractivity contribution in [2.45, 2.75) is 92.5 Å². The van der Waals surface area contributed by atoms with E-state index in [1.807, 2.05) is 19.1 Å². The highest BCUT2D eigenvalue weighted by Crippen LogP contribution is 2.55. The maximum absolute atomic E-state index is 14.4. The number of aliphatic hydroxyl groups excluding tert-OH is 2. The molecule has 59 heavy (non-hydrogen) atoms. The van der Waals surface area contributed by atoms with Gasteiger partial charge in [0.15, 0.2) is 5.75 Å². The summed E-state index contributed by atoms with van der Waals surface area (Å²) in [5, 5.41) is 60.5. The number of nitrogens with zero attached hydrogens (tertiary/aromatic N) is 1. The number of allylic oxidation sites excluding steroid dienone is 2. The van der Waals surface area contributed by atoms with E-state index in [-0.39, 0.29) is 44.5 Å². The van der Waals surface area contributed by atoms with Gasteiger partial charge in [0, 0.05) is 67.4 Å². The van der Waals surface area contributed by atoms with Crippen molar-refractivity contribution in [1.82, 2.24) is 0 Å². The van der Waals surface area contributed by atoms with Crippen LogP contribution in [-0.2, 0) is 23.8 Å². The Morgan fingerprint density at radius 3 is 2.24 bits per heavy atom. The number of aromatic hydroxyl groups is 3. The molecule has 0 radical (unpaired) electrons. The number of phenols is 3. The summed E-state index contributed by atoms with van der Waals surface area (Å²) >= 11 is 0. The van der Waals surface area contributed by atoms with Crippen molar-refractivity contribution >= 4 is 46.0 Å². The minimum absolute atomic E-state index is 0.0443. The van der Waals surface area contributed by atoms with Crippen LogP contribution in [0.5, 0.6) is 23.0 Å². The predicted octanol–water partition coefficient (Wildman–Crippen LogP) is 6.81. The first-order valence-electron chi connectivity index (χ1n) is 19.4. The molecule has 0 aromatic heterocycles. The first kappa shape index (κ1) is 44.4. The number of benzene rings is 3. The Morgan fingerprint density at radius 1 is 0.915 bits per heavy atom. The monoisotopic (exact) mass is 814 g/mol. The standard InChI is InChI=1S/C45H54N2O12/c1-21-14-11-12-17-30(21)46-20-29-35-40(53)33-32(39(29)52)34-42(27(7)38(33)51)59-45(9,43(34)54)57-19-18-31(56-10)24(4)41(58-28(8)48)26(6)37(50)25(5)36(49)22(2)15-13-16-23(3)44(55)47-35/h11-20,22,24-26,31,36-37,41,49-53H,1-10H3,(H,47,55)/b15-13+,19-18+,23-16-,46-20?/t22-,24+,25+,26+,31-,36-,37+,41+,45-/m0/s1. The third-order valence-corrected chi connectivity index (χ3v) is 11.5. The second-order valence-electron chi connectivity index (χ2n) is 15.7. The van der Waals surface area contributed by atoms with Gasteiger partial charge in [0.1, 0.15) is 23.4 Å². The Bertz CT molecular complexity index is 2260. The van der Waals surface area contributed by atoms with Crippen LogP contribution >= 0.6 is 0 Å². The minimum atomic E-state index is -2.06. The van der Waals surface area contributed by atoms with Gasteiger partial charge in [-0.3, -0.25) is 19.4 Å². The number of carbonyl (C=O) groups is 3. The summed E-state index contributed by atoms with van der Waals surface area (Å²) in [7, 11) is 1.43. The summed E-state index contributed by atoms with van der Waals surface area (Å²) < 4.78 is 23.6. The summed E-state index contributed by atoms with van der Waals surface area (Å²) in [6.45, 7) is 14.3. The van der Waals surface area contributed by atoms with E-state index < -0.39 is 88.8 Å². The number of methoxy groups -OCH3 is 1. The molecule has 3 aromatic rings. The number of rotatable bonds is 4. The van der Waals surface area contributed by atoms with E-state index in [2.05, 4.69) is 10.3 Å². The summed E-state index contributed by atoms with van der Waals surface area (Å²) in [6, 6.07) is 7.16. The molecule has 0 aliphatic carbocycles. The first-order valence-corrected chi connectivity index (χ1v) is 19.4. The van der Waals surface area contributed by atoms with Gasteiger partial charge in [-0.25, -0.2) is 0 Å². The number of phenolic OH excluding ortho intramolecular Hbond substituents is 3. The van der Waals surface area contributed by atoms with Gasteiger partial charge < -0.3 is 49.8 Å². The average molecular weight is 815 g/mol. The maximum Gasteiger partial charge on any atom is 0.312 e. The lowest BCUT2D eigenvalue weighted by molar-refractivity contribution is -0.160. The van der Waals surface area contributed by atoms with Gasteiger partial charge in [0.05, 0.1) is 52.5 Å². The van der Waals surface area contributed by atoms with E-state index in [9.17, 15) is 39.9 Å². The molecule has 0 saturated heterocycles. The molecule has 316 valence electrons. The number of aliphatic hydroxyl groups is 2. The van der Waals surface area contributed by atoms with Gasteiger partial charge in [-0.05, 0) is 38.5 Å². The second kappa shape index (κ2) is 17.7. The van der Waals surface area contributed by atoms with E-state index in [0.717, 1.165) is 5.56 Å². The predicted molar refractivity (Wildman–Crippen MR) is 222 cm³/mol. The molecule has 14 heteroatoms. The number of fused-ring (bicyclic) bond motifs is 14. The van der Waals surface area contributed by atoms with Gasteiger partial charge in [-0.1, -0.05) is 64.1 Å². The molecular formula is C45H54N2O12. The molecule has 6 N–H and O–H groups in total. The molecule has 9 atom stereocenters. The molecule has 0 saturated carbocycles. The van der Waals surface area contributed by atoms with Crippen LogP contribution in [0, 0.1) is 37.5 Å². The van der Waals surface area contributed by atoms with Gasteiger partial charge in [0.2, 0.25) is 0 Å². The van der Waals surface area contributed by atoms with E-state index in [0.29, 0.717) is 5.69 Å². The molecular weight excluding hydrogens is 760 g/mol. The fourth-order valence-electron chi connectivity index (χ4n) is 7.71. The van der Waals surface area contributed by atoms with E-state index in [1.54, 1.807) is 52.0 Å². The van der Waals surface area contributed by atoms with Gasteiger partial charge in [-0.15, -0.1) is 0 Å². The van der Waals surface area contributed by atoms with Crippen molar-refractivity contribution in [1.29, 1.82) is 0 Å². The molecule has 5 bridgehead atoms. The number of Topliss-reactive ketones (excluding diaryl/α,β-unsaturated/α-hetero) is 1. The largest absolute Gasteiger partial charge is 0.507 e. The van der Waals surface area contributed by atoms with Crippen molar-refractivity contribution in [2.24, 2.45) is 28.7 Å². The Balaban J connectivity index is 1.74. The van der Waals surface area contributed by atoms with Crippen LogP contribution in [0.2, 0.25) is 0 Å². The quantitative estimate of drug-likeness (QED) is 0.0694. The summed E-state index contributed by atoms with van der Waals surface area (Å²) in [5.41, 5.74) is 0.849. The van der Waals surface area contributed by atoms with Crippen LogP contribution in [0.3, 0.4) is 0 Å². The minimum Gasteiger partial charge on any atom is -0.507 e. The van der Waals surface area contributed by atoms with Crippen LogP contribution in [0.1, 0.15) is 75.5 Å². The highest BCUT2D eigenvalue weighted by molar-refractivity contribution is 6.24. The van der Waals surface area contributed by atoms with Crippen molar-refractivity contribution in [3.05, 3.63) is 82.7 Å². The topological polar surface area (TPSA) is 214 Å². The molecule has 1 amide bonds. The van der Waals surface area contributed by atoms with Gasteiger partial charge in [-0.2, -0.15) is 0 Å². The SMILES string of the molecule is CO[C@H]1/C=C/O[C@@]2(C)Oc3c(C)c(O)c4c(O)c(c(C=Nc5ccccc5C)c(O)c4c3C2=O)NC(=O)/C(C)=C\C=C\[C@H](C)[C@H](O)[C@@H](C)[C@@H](O)[C@@H](C)[C@H](OC(C)=O)[C@@H]1C. The van der Waals surface area contributed by atoms with Crippen molar-refractivity contribution in [2.75, 3.05) is 12.4 Å². The van der Waals surface area contributed by atoms with E-state index >= 15 is 0 Å². The zero-order valence-corrected chi connectivity index (χ0v) is 34.9. The third-order valence-electron chi connectivity index (χ3n) is 11.5. The van der Waals surface area contributed by atoms with Crippen molar-refractivity contribution in [3.63, 3.8) is 0 Å². The Labute approximate surface area is 343 Å². The lowest BCUT2D eigenvalue weighted by atomic mass is 9.78. The third kappa shape index (κ3) is 8.56. The molecule has 3 aliphatic heterocycles. The summed E-state index contributed by atoms with van der Waals surface area (Å²) in [6.07, 6.45) is 4.75. The summed E-state index contributed by atoms with van der Waals surface area (Å²) in [5.74, 6) is -8.49. The fraction of sp³-hybridized carbons (Fsp3) is 0.422. The highest BCUT2D eigenvalue weighted by Gasteiger charge is 2.50. The van der Waals surface area contributed by atoms with Crippen LogP contribution in [0.4, 0.5) is 11.4 Å². The number of aliphatic imine (C=N–C) groups is 1. The van der Waals surface area contributed by atoms with Crippen molar-refractivity contribution in [3.8, 4) is 23.0 Å². The van der Waals surface area contributed by atoms with Crippen LogP contribution < -0.4 is 10.1 Å². The zero-order valence-electron chi connectivity index (χ0n) is 34.9. The number of carbonyl (C=O) groups excluding carboxylic acids is 3. The number of amides is 1.